The summed E-state index contributed by atoms with van der Waals surface area (Å²) in [6.45, 7) is 20.4. The highest BCUT2D eigenvalue weighted by Crippen LogP contribution is 2.23. The third-order valence-electron chi connectivity index (χ3n) is 19.0. The van der Waals surface area contributed by atoms with Gasteiger partial charge in [-0.3, -0.25) is 24.4 Å². The molecule has 1 rings (SSSR count). The lowest BCUT2D eigenvalue weighted by Crippen LogP contribution is -2.47. The molecular weight excluding hydrogens is 1270 g/mol. The number of unbranched alkanes of at least 4 members (excludes halogenated alkanes) is 22. The number of carbonyl (C=O) groups excluding carboxylic acids is 1. The zero-order chi connectivity index (χ0) is 72.3. The minimum atomic E-state index is -0.463. The molecule has 0 aromatic carbocycles. The molecule has 1 aliphatic heterocycles. The van der Waals surface area contributed by atoms with Gasteiger partial charge in [0.05, 0.1) is 24.4 Å². The van der Waals surface area contributed by atoms with Crippen molar-refractivity contribution in [3.05, 3.63) is 122 Å². The molecule has 5 atom stereocenters. The van der Waals surface area contributed by atoms with Gasteiger partial charge >= 0.3 is 5.97 Å². The molecule has 0 spiro atoms. The first-order chi connectivity index (χ1) is 49.1. The maximum atomic E-state index is 13.2. The Kier molecular flexibility index (Phi) is 72.3. The van der Waals surface area contributed by atoms with E-state index in [1.165, 1.54) is 103 Å². The highest BCUT2D eigenvalue weighted by atomic mass is 33.1. The van der Waals surface area contributed by atoms with Crippen molar-refractivity contribution in [1.82, 2.24) is 19.6 Å². The van der Waals surface area contributed by atoms with Crippen molar-refractivity contribution in [1.29, 1.82) is 0 Å². The van der Waals surface area contributed by atoms with E-state index in [4.69, 9.17) is 4.74 Å². The summed E-state index contributed by atoms with van der Waals surface area (Å²) in [4.78, 5) is 22.7. The molecule has 0 aliphatic carbocycles. The van der Waals surface area contributed by atoms with Crippen LogP contribution in [0.25, 0.3) is 0 Å². The molecule has 1 saturated heterocycles. The lowest BCUT2D eigenvalue weighted by atomic mass is 10.0. The number of ether oxygens (including phenoxy) is 1. The van der Waals surface area contributed by atoms with E-state index in [2.05, 4.69) is 176 Å². The highest BCUT2D eigenvalue weighted by Gasteiger charge is 2.23. The summed E-state index contributed by atoms with van der Waals surface area (Å²) < 4.78 is 5.83. The predicted octanol–water partition coefficient (Wildman–Crippen LogP) is 22.4. The van der Waals surface area contributed by atoms with E-state index in [1.807, 2.05) is 21.6 Å². The van der Waals surface area contributed by atoms with Crippen molar-refractivity contribution in [3.8, 4) is 0 Å². The summed E-state index contributed by atoms with van der Waals surface area (Å²) in [7, 11) is 3.92. The van der Waals surface area contributed by atoms with Gasteiger partial charge in [-0.25, -0.2) is 0 Å². The molecule has 0 radical (unpaired) electrons. The van der Waals surface area contributed by atoms with Gasteiger partial charge in [0, 0.05) is 89.4 Å². The topological polar surface area (TPSA) is 120 Å². The maximum absolute atomic E-state index is 13.2. The van der Waals surface area contributed by atoms with Crippen LogP contribution in [0.1, 0.15) is 311 Å². The van der Waals surface area contributed by atoms with Crippen LogP contribution in [0.4, 0.5) is 0 Å². The SMILES string of the molecule is CC/C=C\C/C=C\C/C=C\CCCCCCC(O)CN(CCCSSCCN1CCN(CCOC(=O)CCC(C)N(CC(O)CCCCCC/C=C\C/C=C\CCCCC)CC(O)CCCCCC/C=C\C/C=C\CCCCC)CC1)CC(O)CCCCCC/C=C\C/C=C\C/C=C\CC. The molecule has 10 nitrogen and oxygen atoms in total. The minimum absolute atomic E-state index is 0.0350. The van der Waals surface area contributed by atoms with Crippen LogP contribution in [0.5, 0.6) is 0 Å². The molecular formula is C88H158N4O6S2. The van der Waals surface area contributed by atoms with Crippen LogP contribution in [0.2, 0.25) is 0 Å². The second-order valence-corrected chi connectivity index (χ2v) is 31.2. The molecule has 0 aromatic rings. The van der Waals surface area contributed by atoms with Crippen LogP contribution in [0, 0.1) is 0 Å². The zero-order valence-electron chi connectivity index (χ0n) is 65.4. The lowest BCUT2D eigenvalue weighted by Gasteiger charge is -2.34. The Hall–Kier alpha value is -2.75. The van der Waals surface area contributed by atoms with Crippen LogP contribution < -0.4 is 0 Å². The Morgan fingerprint density at radius 3 is 1.07 bits per heavy atom. The lowest BCUT2D eigenvalue weighted by molar-refractivity contribution is -0.144. The van der Waals surface area contributed by atoms with E-state index in [0.717, 1.165) is 218 Å². The number of hydrogen-bond acceptors (Lipinski definition) is 12. The first kappa shape index (κ1) is 95.3. The van der Waals surface area contributed by atoms with Gasteiger partial charge in [-0.2, -0.15) is 0 Å². The molecule has 1 aliphatic rings. The standard InChI is InChI=1S/C88H158N4O6S2/c1-6-10-14-18-22-26-30-34-38-42-46-50-54-58-63-84(93)79-91(80-85(94)64-59-55-51-47-43-39-35-31-27-23-19-15-11-7-2)69-62-77-99-100-78-75-90-72-70-89(71-73-90)74-76-98-88(97)68-67-83(5)92(81-86(95)65-60-56-52-48-44-40-36-32-28-24-20-16-12-8-3)82-87(96)66-61-57-53-49-45-41-37-33-29-25-21-17-13-9-4/h10-11,14-15,22-29,34-41,83-87,93-96H,6-9,12-13,16-21,30-33,42-82H2,1-5H3/b14-10-,15-11-,26-22-,27-23-,28-24-,29-25-,38-34-,39-35-,40-36-,41-37-. The molecule has 4 N–H and O–H groups in total. The average molecular weight is 1430 g/mol. The monoisotopic (exact) mass is 1430 g/mol. The molecule has 1 fully saturated rings. The zero-order valence-corrected chi connectivity index (χ0v) is 67.1. The number of esters is 1. The van der Waals surface area contributed by atoms with E-state index >= 15 is 0 Å². The number of allylic oxidation sites excluding steroid dienone is 20. The molecule has 12 heteroatoms. The van der Waals surface area contributed by atoms with Crippen LogP contribution >= 0.6 is 21.6 Å². The summed E-state index contributed by atoms with van der Waals surface area (Å²) in [5.41, 5.74) is 0. The number of nitrogens with zero attached hydrogens (tertiary/aromatic N) is 4. The minimum Gasteiger partial charge on any atom is -0.464 e. The van der Waals surface area contributed by atoms with Crippen LogP contribution in [0.3, 0.4) is 0 Å². The second kappa shape index (κ2) is 75.9. The number of carbonyl (C=O) groups is 1. The number of rotatable bonds is 73. The van der Waals surface area contributed by atoms with Crippen LogP contribution in [-0.2, 0) is 9.53 Å². The third kappa shape index (κ3) is 67.2. The molecule has 5 unspecified atom stereocenters. The Morgan fingerprint density at radius 1 is 0.380 bits per heavy atom. The van der Waals surface area contributed by atoms with Crippen molar-refractivity contribution in [2.24, 2.45) is 0 Å². The van der Waals surface area contributed by atoms with Gasteiger partial charge in [-0.1, -0.05) is 274 Å². The van der Waals surface area contributed by atoms with E-state index in [0.29, 0.717) is 45.6 Å². The molecule has 0 saturated carbocycles. The van der Waals surface area contributed by atoms with Gasteiger partial charge in [0.15, 0.2) is 0 Å². The van der Waals surface area contributed by atoms with Crippen LogP contribution in [-0.4, -0.2) is 167 Å². The van der Waals surface area contributed by atoms with E-state index in [-0.39, 0.29) is 24.2 Å². The number of piperazine rings is 1. The first-order valence-corrected chi connectivity index (χ1v) is 44.1. The van der Waals surface area contributed by atoms with Crippen molar-refractivity contribution in [2.45, 2.75) is 341 Å². The van der Waals surface area contributed by atoms with Crippen molar-refractivity contribution in [2.75, 3.05) is 90.1 Å². The van der Waals surface area contributed by atoms with E-state index in [9.17, 15) is 25.2 Å². The fourth-order valence-electron chi connectivity index (χ4n) is 12.6. The predicted molar refractivity (Wildman–Crippen MR) is 443 cm³/mol. The largest absolute Gasteiger partial charge is 0.464 e. The third-order valence-corrected chi connectivity index (χ3v) is 21.5. The fraction of sp³-hybridized carbons (Fsp3) is 0.761. The molecule has 0 bridgehead atoms. The molecule has 100 heavy (non-hydrogen) atoms. The average Bonchev–Trinajstić information content (AvgIpc) is 1.21. The summed E-state index contributed by atoms with van der Waals surface area (Å²) in [6, 6.07) is 0.0350. The van der Waals surface area contributed by atoms with E-state index in [1.54, 1.807) is 0 Å². The van der Waals surface area contributed by atoms with Gasteiger partial charge in [0.25, 0.3) is 0 Å². The van der Waals surface area contributed by atoms with Crippen LogP contribution in [0.15, 0.2) is 122 Å². The highest BCUT2D eigenvalue weighted by molar-refractivity contribution is 8.76. The van der Waals surface area contributed by atoms with Gasteiger partial charge < -0.3 is 25.2 Å². The van der Waals surface area contributed by atoms with Gasteiger partial charge in [-0.15, -0.1) is 0 Å². The van der Waals surface area contributed by atoms with E-state index < -0.39 is 12.2 Å². The number of aliphatic hydroxyl groups excluding tert-OH is 4. The summed E-state index contributed by atoms with van der Waals surface area (Å²) in [5.74, 6) is 1.97. The molecule has 0 aromatic heterocycles. The summed E-state index contributed by atoms with van der Waals surface area (Å²) >= 11 is 0. The quantitative estimate of drug-likeness (QED) is 0.0201. The van der Waals surface area contributed by atoms with Gasteiger partial charge in [-0.05, 0) is 180 Å². The fourth-order valence-corrected chi connectivity index (χ4v) is 14.7. The Bertz CT molecular complexity index is 1960. The second-order valence-electron chi connectivity index (χ2n) is 28.5. The summed E-state index contributed by atoms with van der Waals surface area (Å²) in [5, 5.41) is 45.0. The number of hydrogen-bond donors (Lipinski definition) is 4. The Labute approximate surface area is 626 Å². The number of aliphatic hydroxyl groups is 4. The van der Waals surface area contributed by atoms with Gasteiger partial charge in [0.2, 0.25) is 0 Å². The van der Waals surface area contributed by atoms with Gasteiger partial charge in [0.1, 0.15) is 6.61 Å². The molecule has 0 amide bonds. The Morgan fingerprint density at radius 2 is 0.700 bits per heavy atom. The Balaban J connectivity index is 2.54. The maximum Gasteiger partial charge on any atom is 0.305 e. The molecule has 578 valence electrons. The van der Waals surface area contributed by atoms with Crippen molar-refractivity contribution in [3.63, 3.8) is 0 Å². The smallest absolute Gasteiger partial charge is 0.305 e. The first-order valence-electron chi connectivity index (χ1n) is 41.6. The molecule has 1 heterocycles. The van der Waals surface area contributed by atoms with Crippen molar-refractivity contribution < 1.29 is 30.0 Å². The normalized spacial score (nSPS) is 15.6. The van der Waals surface area contributed by atoms with Crippen molar-refractivity contribution >= 4 is 27.6 Å². The summed E-state index contributed by atoms with van der Waals surface area (Å²) in [6.07, 6.45) is 90.1.